The van der Waals surface area contributed by atoms with E-state index in [2.05, 4.69) is 9.82 Å². The van der Waals surface area contributed by atoms with Crippen molar-refractivity contribution < 1.29 is 21.6 Å². The van der Waals surface area contributed by atoms with Gasteiger partial charge in [0.2, 0.25) is 0 Å². The van der Waals surface area contributed by atoms with Crippen LogP contribution >= 0.6 is 0 Å². The normalized spacial score (nSPS) is 18.7. The van der Waals surface area contributed by atoms with E-state index in [9.17, 15) is 21.6 Å². The van der Waals surface area contributed by atoms with Crippen molar-refractivity contribution in [3.05, 3.63) is 17.5 Å². The van der Waals surface area contributed by atoms with Gasteiger partial charge in [0.25, 0.3) is 10.2 Å². The number of halogens is 3. The van der Waals surface area contributed by atoms with Crippen LogP contribution in [0.2, 0.25) is 0 Å². The van der Waals surface area contributed by atoms with Gasteiger partial charge in [0, 0.05) is 25.8 Å². The Hall–Kier alpha value is -1.13. The number of alkyl halides is 3. The summed E-state index contributed by atoms with van der Waals surface area (Å²) in [5.41, 5.74) is -0.376. The predicted octanol–water partition coefficient (Wildman–Crippen LogP) is 2.13. The molecule has 6 nitrogen and oxygen atoms in total. The number of piperidine rings is 1. The number of nitrogens with one attached hydrogen (secondary N) is 1. The molecule has 0 saturated carbocycles. The predicted molar refractivity (Wildman–Crippen MR) is 79.1 cm³/mol. The van der Waals surface area contributed by atoms with Gasteiger partial charge >= 0.3 is 6.18 Å². The molecular formula is C13H21F3N4O2S. The Balaban J connectivity index is 2.22. The summed E-state index contributed by atoms with van der Waals surface area (Å²) < 4.78 is 67.2. The van der Waals surface area contributed by atoms with Gasteiger partial charge in [0.05, 0.1) is 6.04 Å². The molecule has 0 amide bonds. The van der Waals surface area contributed by atoms with E-state index in [1.807, 2.05) is 13.8 Å². The van der Waals surface area contributed by atoms with Gasteiger partial charge in [0.1, 0.15) is 0 Å². The monoisotopic (exact) mass is 354 g/mol. The van der Waals surface area contributed by atoms with Crippen molar-refractivity contribution in [1.82, 2.24) is 18.8 Å². The molecule has 0 aliphatic carbocycles. The molecule has 2 heterocycles. The standard InChI is InChI=1S/C13H21F3N4O2S/c1-9(2)11-8-12(13(14,15)16)18-20(11)10-4-6-19(7-5-10)23(21,22)17-3/h8-10,17H,4-7H2,1-3H3. The van der Waals surface area contributed by atoms with Gasteiger partial charge in [-0.1, -0.05) is 13.8 Å². The molecule has 1 aliphatic rings. The summed E-state index contributed by atoms with van der Waals surface area (Å²) in [6.07, 6.45) is -3.62. The average Bonchev–Trinajstić information content (AvgIpc) is 2.93. The molecule has 0 atom stereocenters. The Morgan fingerprint density at radius 2 is 1.87 bits per heavy atom. The van der Waals surface area contributed by atoms with Crippen molar-refractivity contribution in [1.29, 1.82) is 0 Å². The van der Waals surface area contributed by atoms with E-state index >= 15 is 0 Å². The second kappa shape index (κ2) is 6.40. The maximum absolute atomic E-state index is 12.9. The molecule has 2 rings (SSSR count). The first-order valence-electron chi connectivity index (χ1n) is 7.41. The lowest BCUT2D eigenvalue weighted by molar-refractivity contribution is -0.141. The first-order chi connectivity index (χ1) is 10.6. The Morgan fingerprint density at radius 1 is 1.30 bits per heavy atom. The molecule has 10 heteroatoms. The topological polar surface area (TPSA) is 67.2 Å². The van der Waals surface area contributed by atoms with Crippen LogP contribution < -0.4 is 4.72 Å². The average molecular weight is 354 g/mol. The maximum Gasteiger partial charge on any atom is 0.435 e. The highest BCUT2D eigenvalue weighted by molar-refractivity contribution is 7.87. The van der Waals surface area contributed by atoms with Gasteiger partial charge in [-0.2, -0.15) is 31.0 Å². The minimum Gasteiger partial charge on any atom is -0.266 e. The van der Waals surface area contributed by atoms with Gasteiger partial charge in [-0.15, -0.1) is 0 Å². The van der Waals surface area contributed by atoms with Crippen molar-refractivity contribution in [2.45, 2.75) is 44.8 Å². The number of hydrogen-bond donors (Lipinski definition) is 1. The Labute approximate surface area is 133 Å². The van der Waals surface area contributed by atoms with E-state index in [4.69, 9.17) is 0 Å². The number of aromatic nitrogens is 2. The second-order valence-corrected chi connectivity index (χ2v) is 7.77. The molecular weight excluding hydrogens is 333 g/mol. The van der Waals surface area contributed by atoms with E-state index in [1.54, 1.807) is 0 Å². The third kappa shape index (κ3) is 3.86. The van der Waals surface area contributed by atoms with Crippen LogP contribution in [0.5, 0.6) is 0 Å². The minimum absolute atomic E-state index is 0.0994. The van der Waals surface area contributed by atoms with E-state index in [0.29, 0.717) is 18.5 Å². The van der Waals surface area contributed by atoms with Gasteiger partial charge in [-0.25, -0.2) is 4.72 Å². The molecule has 1 aromatic rings. The highest BCUT2D eigenvalue weighted by Crippen LogP contribution is 2.34. The molecule has 132 valence electrons. The van der Waals surface area contributed by atoms with Crippen molar-refractivity contribution in [2.24, 2.45) is 0 Å². The highest BCUT2D eigenvalue weighted by Gasteiger charge is 2.37. The third-order valence-electron chi connectivity index (χ3n) is 4.01. The fraction of sp³-hybridized carbons (Fsp3) is 0.769. The van der Waals surface area contributed by atoms with Crippen LogP contribution in [0.15, 0.2) is 6.07 Å². The van der Waals surface area contributed by atoms with Crippen LogP contribution in [0.1, 0.15) is 50.0 Å². The fourth-order valence-electron chi connectivity index (χ4n) is 2.73. The van der Waals surface area contributed by atoms with Crippen LogP contribution in [0.3, 0.4) is 0 Å². The zero-order valence-electron chi connectivity index (χ0n) is 13.3. The van der Waals surface area contributed by atoms with Crippen molar-refractivity contribution in [2.75, 3.05) is 20.1 Å². The van der Waals surface area contributed by atoms with Crippen LogP contribution in [-0.4, -0.2) is 42.6 Å². The Bertz CT molecular complexity index is 647. The summed E-state index contributed by atoms with van der Waals surface area (Å²) in [6.45, 7) is 4.14. The van der Waals surface area contributed by atoms with Crippen LogP contribution in [0.4, 0.5) is 13.2 Å². The van der Waals surface area contributed by atoms with Crippen molar-refractivity contribution in [3.8, 4) is 0 Å². The molecule has 23 heavy (non-hydrogen) atoms. The Morgan fingerprint density at radius 3 is 2.30 bits per heavy atom. The summed E-state index contributed by atoms with van der Waals surface area (Å²) >= 11 is 0. The number of rotatable bonds is 4. The van der Waals surface area contributed by atoms with E-state index < -0.39 is 22.1 Å². The summed E-state index contributed by atoms with van der Waals surface area (Å²) in [4.78, 5) is 0. The highest BCUT2D eigenvalue weighted by atomic mass is 32.2. The summed E-state index contributed by atoms with van der Waals surface area (Å²) in [5.74, 6) is -0.0994. The largest absolute Gasteiger partial charge is 0.435 e. The van der Waals surface area contributed by atoms with Gasteiger partial charge < -0.3 is 0 Å². The molecule has 0 aromatic carbocycles. The molecule has 0 unspecified atom stereocenters. The quantitative estimate of drug-likeness (QED) is 0.901. The lowest BCUT2D eigenvalue weighted by Crippen LogP contribution is -2.44. The van der Waals surface area contributed by atoms with Gasteiger partial charge in [-0.05, 0) is 24.8 Å². The zero-order valence-corrected chi connectivity index (χ0v) is 14.1. The maximum atomic E-state index is 12.9. The lowest BCUT2D eigenvalue weighted by atomic mass is 10.0. The van der Waals surface area contributed by atoms with Crippen LogP contribution in [0.25, 0.3) is 0 Å². The van der Waals surface area contributed by atoms with Crippen LogP contribution in [-0.2, 0) is 16.4 Å². The van der Waals surface area contributed by atoms with Gasteiger partial charge in [0.15, 0.2) is 5.69 Å². The number of hydrogen-bond acceptors (Lipinski definition) is 3. The first-order valence-corrected chi connectivity index (χ1v) is 8.85. The molecule has 1 aromatic heterocycles. The third-order valence-corrected chi connectivity index (χ3v) is 5.57. The molecule has 1 N–H and O–H groups in total. The molecule has 1 aliphatic heterocycles. The zero-order chi connectivity index (χ0) is 17.4. The SMILES string of the molecule is CNS(=O)(=O)N1CCC(n2nc(C(F)(F)F)cc2C(C)C)CC1. The van der Waals surface area contributed by atoms with E-state index in [0.717, 1.165) is 6.07 Å². The smallest absolute Gasteiger partial charge is 0.266 e. The molecule has 1 fully saturated rings. The van der Waals surface area contributed by atoms with Crippen molar-refractivity contribution in [3.63, 3.8) is 0 Å². The Kier molecular flexibility index (Phi) is 5.07. The van der Waals surface area contributed by atoms with Crippen molar-refractivity contribution >= 4 is 10.2 Å². The second-order valence-electron chi connectivity index (χ2n) is 5.89. The van der Waals surface area contributed by atoms with E-state index in [-0.39, 0.29) is 25.0 Å². The summed E-state index contributed by atoms with van der Waals surface area (Å²) in [7, 11) is -2.16. The van der Waals surface area contributed by atoms with Crippen LogP contribution in [0, 0.1) is 0 Å². The molecule has 0 bridgehead atoms. The van der Waals surface area contributed by atoms with E-state index in [1.165, 1.54) is 16.0 Å². The first kappa shape index (κ1) is 18.2. The fourth-order valence-corrected chi connectivity index (χ4v) is 3.68. The molecule has 0 radical (unpaired) electrons. The molecule has 1 saturated heterocycles. The number of nitrogens with zero attached hydrogens (tertiary/aromatic N) is 3. The summed E-state index contributed by atoms with van der Waals surface area (Å²) in [5, 5.41) is 3.74. The lowest BCUT2D eigenvalue weighted by Gasteiger charge is -2.32. The minimum atomic E-state index is -4.48. The van der Waals surface area contributed by atoms with Gasteiger partial charge in [-0.3, -0.25) is 4.68 Å². The summed E-state index contributed by atoms with van der Waals surface area (Å²) in [6, 6.07) is 0.855. The molecule has 0 spiro atoms.